The van der Waals surface area contributed by atoms with Crippen molar-refractivity contribution in [2.24, 2.45) is 0 Å². The molecule has 0 aliphatic carbocycles. The van der Waals surface area contributed by atoms with Crippen LogP contribution in [-0.2, 0) is 0 Å². The van der Waals surface area contributed by atoms with Gasteiger partial charge in [0.1, 0.15) is 0 Å². The molecule has 260 valence electrons. The van der Waals surface area contributed by atoms with E-state index in [1.807, 2.05) is 0 Å². The first-order valence-corrected chi connectivity index (χ1v) is 19.5. The molecule has 0 aromatic heterocycles. The highest BCUT2D eigenvalue weighted by atomic mass is 15.1. The lowest BCUT2D eigenvalue weighted by Crippen LogP contribution is -2.52. The van der Waals surface area contributed by atoms with E-state index in [0.29, 0.717) is 0 Å². The van der Waals surface area contributed by atoms with Gasteiger partial charge in [0.15, 0.2) is 0 Å². The summed E-state index contributed by atoms with van der Waals surface area (Å²) < 4.78 is 0. The SMILES string of the molecule is c1ccc(B(c2cccc3ccccc23)c2ccc3ccc4c(N(c5ccc6ccccc6c5)c5ccccc5-c5ccccc5)ccc5ccc2c3c54)cc1. The second kappa shape index (κ2) is 13.3. The van der Waals surface area contributed by atoms with Crippen LogP contribution in [0, 0.1) is 0 Å². The molecule has 0 saturated heterocycles. The van der Waals surface area contributed by atoms with Gasteiger partial charge in [0.2, 0.25) is 6.71 Å². The highest BCUT2D eigenvalue weighted by molar-refractivity contribution is 6.98. The summed E-state index contributed by atoms with van der Waals surface area (Å²) >= 11 is 0. The van der Waals surface area contributed by atoms with Gasteiger partial charge in [-0.1, -0.05) is 211 Å². The molecule has 0 spiro atoms. The molecule has 0 radical (unpaired) electrons. The predicted octanol–water partition coefficient (Wildman–Crippen LogP) is 12.5. The van der Waals surface area contributed by atoms with Crippen molar-refractivity contribution in [1.29, 1.82) is 0 Å². The normalized spacial score (nSPS) is 11.6. The van der Waals surface area contributed by atoms with E-state index >= 15 is 0 Å². The van der Waals surface area contributed by atoms with Crippen LogP contribution in [0.25, 0.3) is 65.0 Å². The van der Waals surface area contributed by atoms with Crippen LogP contribution >= 0.6 is 0 Å². The monoisotopic (exact) mass is 709 g/mol. The largest absolute Gasteiger partial charge is 0.309 e. The molecule has 0 aliphatic heterocycles. The molecule has 0 heterocycles. The zero-order valence-electron chi connectivity index (χ0n) is 30.8. The van der Waals surface area contributed by atoms with Crippen molar-refractivity contribution in [3.05, 3.63) is 218 Å². The average Bonchev–Trinajstić information content (AvgIpc) is 3.27. The number of hydrogen-bond acceptors (Lipinski definition) is 1. The Kier molecular flexibility index (Phi) is 7.67. The van der Waals surface area contributed by atoms with Crippen molar-refractivity contribution in [2.45, 2.75) is 0 Å². The van der Waals surface area contributed by atoms with Crippen LogP contribution < -0.4 is 21.3 Å². The number of hydrogen-bond donors (Lipinski definition) is 0. The average molecular weight is 710 g/mol. The van der Waals surface area contributed by atoms with Crippen LogP contribution in [0.3, 0.4) is 0 Å². The Morgan fingerprint density at radius 1 is 0.321 bits per heavy atom. The fraction of sp³-hybridized carbons (Fsp3) is 0. The lowest BCUT2D eigenvalue weighted by Gasteiger charge is -2.30. The van der Waals surface area contributed by atoms with E-state index in [4.69, 9.17) is 0 Å². The van der Waals surface area contributed by atoms with Gasteiger partial charge in [0.05, 0.1) is 11.4 Å². The van der Waals surface area contributed by atoms with Crippen molar-refractivity contribution >= 4 is 94.0 Å². The zero-order valence-corrected chi connectivity index (χ0v) is 30.8. The molecule has 0 saturated carbocycles. The number of para-hydroxylation sites is 1. The molecular formula is C54H36BN. The molecule has 11 aromatic carbocycles. The smallest absolute Gasteiger partial charge is 0.242 e. The Balaban J connectivity index is 1.19. The maximum Gasteiger partial charge on any atom is 0.242 e. The van der Waals surface area contributed by atoms with Gasteiger partial charge in [0.25, 0.3) is 0 Å². The summed E-state index contributed by atoms with van der Waals surface area (Å²) in [5, 5.41) is 12.6. The van der Waals surface area contributed by atoms with Crippen molar-refractivity contribution in [1.82, 2.24) is 0 Å². The van der Waals surface area contributed by atoms with Crippen LogP contribution in [0.5, 0.6) is 0 Å². The maximum absolute atomic E-state index is 2.48. The van der Waals surface area contributed by atoms with E-state index in [0.717, 1.165) is 17.1 Å². The Bertz CT molecular complexity index is 3200. The quantitative estimate of drug-likeness (QED) is 0.118. The highest BCUT2D eigenvalue weighted by Gasteiger charge is 2.27. The van der Waals surface area contributed by atoms with E-state index in [2.05, 4.69) is 223 Å². The number of fused-ring (bicyclic) bond motifs is 2. The molecule has 0 atom stereocenters. The standard InChI is InChI=1S/C54H36BN/c1-3-15-39(16-4-1)46-23-11-12-25-51(46)56(44-31-26-37-14-7-8-18-42(37)36-44)52-35-30-41-27-32-47-50(34-29-40-28-33-48(52)54(41)53(40)47)55(43-20-5-2-6-21-43)49-24-13-19-38-17-9-10-22-45(38)49/h1-36H. The van der Waals surface area contributed by atoms with E-state index in [9.17, 15) is 0 Å². The minimum absolute atomic E-state index is 0.0539. The molecule has 1 nitrogen and oxygen atoms in total. The van der Waals surface area contributed by atoms with Crippen LogP contribution in [0.4, 0.5) is 17.1 Å². The summed E-state index contributed by atoms with van der Waals surface area (Å²) in [5.41, 5.74) is 9.74. The number of nitrogens with zero attached hydrogens (tertiary/aromatic N) is 1. The molecule has 0 amide bonds. The Morgan fingerprint density at radius 2 is 0.911 bits per heavy atom. The molecule has 0 fully saturated rings. The Labute approximate surface area is 327 Å². The van der Waals surface area contributed by atoms with Gasteiger partial charge in [-0.3, -0.25) is 0 Å². The van der Waals surface area contributed by atoms with Crippen molar-refractivity contribution in [2.75, 3.05) is 4.90 Å². The first kappa shape index (κ1) is 32.3. The minimum atomic E-state index is 0.0539. The van der Waals surface area contributed by atoms with Crippen molar-refractivity contribution in [3.63, 3.8) is 0 Å². The molecule has 11 rings (SSSR count). The first-order chi connectivity index (χ1) is 27.8. The van der Waals surface area contributed by atoms with Gasteiger partial charge < -0.3 is 4.90 Å². The summed E-state index contributed by atoms with van der Waals surface area (Å²) in [6, 6.07) is 80.4. The van der Waals surface area contributed by atoms with E-state index in [1.165, 1.54) is 81.4 Å². The van der Waals surface area contributed by atoms with Crippen LogP contribution in [0.1, 0.15) is 0 Å². The van der Waals surface area contributed by atoms with Gasteiger partial charge in [-0.2, -0.15) is 0 Å². The topological polar surface area (TPSA) is 3.24 Å². The third-order valence-corrected chi connectivity index (χ3v) is 11.7. The summed E-state index contributed by atoms with van der Waals surface area (Å²) in [7, 11) is 0. The summed E-state index contributed by atoms with van der Waals surface area (Å²) in [5.74, 6) is 0. The summed E-state index contributed by atoms with van der Waals surface area (Å²) in [6.07, 6.45) is 0. The molecule has 0 unspecified atom stereocenters. The van der Waals surface area contributed by atoms with Crippen LogP contribution in [0.15, 0.2) is 218 Å². The molecule has 11 aromatic rings. The van der Waals surface area contributed by atoms with E-state index in [-0.39, 0.29) is 6.71 Å². The third-order valence-electron chi connectivity index (χ3n) is 11.7. The zero-order chi connectivity index (χ0) is 37.0. The molecule has 0 aliphatic rings. The third kappa shape index (κ3) is 5.26. The predicted molar refractivity (Wildman–Crippen MR) is 243 cm³/mol. The highest BCUT2D eigenvalue weighted by Crippen LogP contribution is 2.46. The number of benzene rings is 11. The second-order valence-electron chi connectivity index (χ2n) is 14.8. The molecule has 56 heavy (non-hydrogen) atoms. The van der Waals surface area contributed by atoms with Crippen molar-refractivity contribution in [3.8, 4) is 11.1 Å². The summed E-state index contributed by atoms with van der Waals surface area (Å²) in [6.45, 7) is 0.0539. The second-order valence-corrected chi connectivity index (χ2v) is 14.8. The minimum Gasteiger partial charge on any atom is -0.309 e. The van der Waals surface area contributed by atoms with E-state index < -0.39 is 0 Å². The van der Waals surface area contributed by atoms with Crippen LogP contribution in [0.2, 0.25) is 0 Å². The van der Waals surface area contributed by atoms with Gasteiger partial charge in [-0.05, 0) is 78.3 Å². The van der Waals surface area contributed by atoms with Gasteiger partial charge in [-0.15, -0.1) is 0 Å². The van der Waals surface area contributed by atoms with E-state index in [1.54, 1.807) is 0 Å². The molecule has 2 heteroatoms. The number of anilines is 3. The van der Waals surface area contributed by atoms with Crippen LogP contribution in [-0.4, -0.2) is 6.71 Å². The van der Waals surface area contributed by atoms with Gasteiger partial charge in [0, 0.05) is 16.6 Å². The lowest BCUT2D eigenvalue weighted by molar-refractivity contribution is 1.30. The fourth-order valence-electron chi connectivity index (χ4n) is 9.18. The first-order valence-electron chi connectivity index (χ1n) is 19.5. The van der Waals surface area contributed by atoms with Gasteiger partial charge >= 0.3 is 0 Å². The lowest BCUT2D eigenvalue weighted by atomic mass is 9.35. The Hall–Kier alpha value is -7.16. The molecular weight excluding hydrogens is 673 g/mol. The summed E-state index contributed by atoms with van der Waals surface area (Å²) in [4.78, 5) is 2.48. The molecule has 0 bridgehead atoms. The fourth-order valence-corrected chi connectivity index (χ4v) is 9.18. The maximum atomic E-state index is 2.48. The number of rotatable bonds is 7. The Morgan fingerprint density at radius 3 is 1.75 bits per heavy atom. The molecule has 0 N–H and O–H groups in total. The van der Waals surface area contributed by atoms with Crippen molar-refractivity contribution < 1.29 is 0 Å². The van der Waals surface area contributed by atoms with Gasteiger partial charge in [-0.25, -0.2) is 0 Å².